The Kier molecular flexibility index (Phi) is 7.94. The first-order valence-electron chi connectivity index (χ1n) is 8.87. The minimum atomic E-state index is -0.673. The fourth-order valence-corrected chi connectivity index (χ4v) is 3.32. The molecular weight excluding hydrogens is 380 g/mol. The van der Waals surface area contributed by atoms with Crippen LogP contribution < -0.4 is 10.6 Å². The molecular formula is C18H24ClF2N3O3. The van der Waals surface area contributed by atoms with Crippen molar-refractivity contribution in [2.75, 3.05) is 26.2 Å². The van der Waals surface area contributed by atoms with Crippen molar-refractivity contribution in [3.8, 4) is 0 Å². The number of amides is 2. The van der Waals surface area contributed by atoms with E-state index in [-0.39, 0.29) is 43.3 Å². The van der Waals surface area contributed by atoms with Gasteiger partial charge < -0.3 is 20.3 Å². The molecule has 0 radical (unpaired) electrons. The number of benzene rings is 1. The van der Waals surface area contributed by atoms with Gasteiger partial charge in [0.05, 0.1) is 18.6 Å². The van der Waals surface area contributed by atoms with E-state index in [4.69, 9.17) is 4.74 Å². The third kappa shape index (κ3) is 6.12. The Bertz CT molecular complexity index is 651. The van der Waals surface area contributed by atoms with Crippen LogP contribution in [0, 0.1) is 11.6 Å². The van der Waals surface area contributed by atoms with Gasteiger partial charge in [0.2, 0.25) is 11.8 Å². The highest BCUT2D eigenvalue weighted by molar-refractivity contribution is 5.88. The molecule has 9 heteroatoms. The van der Waals surface area contributed by atoms with Crippen molar-refractivity contribution in [2.24, 2.45) is 0 Å². The van der Waals surface area contributed by atoms with Gasteiger partial charge in [-0.25, -0.2) is 8.78 Å². The number of halogens is 3. The molecule has 3 rings (SSSR count). The molecule has 2 saturated heterocycles. The van der Waals surface area contributed by atoms with Gasteiger partial charge in [0, 0.05) is 38.9 Å². The molecule has 0 aliphatic carbocycles. The maximum Gasteiger partial charge on any atom is 0.240 e. The largest absolute Gasteiger partial charge is 0.376 e. The Balaban J connectivity index is 0.00000261. The van der Waals surface area contributed by atoms with Crippen molar-refractivity contribution in [3.63, 3.8) is 0 Å². The molecule has 150 valence electrons. The summed E-state index contributed by atoms with van der Waals surface area (Å²) in [4.78, 5) is 26.2. The number of nitrogens with one attached hydrogen (secondary N) is 2. The zero-order valence-electron chi connectivity index (χ0n) is 14.9. The average molecular weight is 404 g/mol. The van der Waals surface area contributed by atoms with Crippen LogP contribution in [0.1, 0.15) is 24.8 Å². The molecule has 0 spiro atoms. The zero-order chi connectivity index (χ0) is 18.5. The van der Waals surface area contributed by atoms with E-state index in [1.54, 1.807) is 0 Å². The number of hydrogen-bond donors (Lipinski definition) is 2. The minimum Gasteiger partial charge on any atom is -0.376 e. The molecule has 2 atom stereocenters. The van der Waals surface area contributed by atoms with Crippen molar-refractivity contribution in [3.05, 3.63) is 35.4 Å². The summed E-state index contributed by atoms with van der Waals surface area (Å²) in [6.07, 6.45) is 2.01. The lowest BCUT2D eigenvalue weighted by atomic mass is 10.1. The van der Waals surface area contributed by atoms with Crippen molar-refractivity contribution in [1.29, 1.82) is 0 Å². The summed E-state index contributed by atoms with van der Waals surface area (Å²) in [7, 11) is 0. The van der Waals surface area contributed by atoms with Gasteiger partial charge >= 0.3 is 0 Å². The SMILES string of the molecule is Cl.O=C(CC1NCCN(Cc2cc(F)cc(F)c2)C1=O)NCC1CCCO1. The lowest BCUT2D eigenvalue weighted by molar-refractivity contribution is -0.138. The Morgan fingerprint density at radius 1 is 1.30 bits per heavy atom. The quantitative estimate of drug-likeness (QED) is 0.752. The van der Waals surface area contributed by atoms with Crippen LogP contribution in [0.15, 0.2) is 18.2 Å². The second kappa shape index (κ2) is 9.96. The van der Waals surface area contributed by atoms with Crippen molar-refractivity contribution >= 4 is 24.2 Å². The Hall–Kier alpha value is -1.77. The number of carbonyl (C=O) groups is 2. The summed E-state index contributed by atoms with van der Waals surface area (Å²) in [5.41, 5.74) is 0.388. The normalized spacial score (nSPS) is 22.4. The van der Waals surface area contributed by atoms with Gasteiger partial charge in [-0.05, 0) is 30.5 Å². The van der Waals surface area contributed by atoms with E-state index in [1.165, 1.54) is 17.0 Å². The minimum absolute atomic E-state index is 0. The summed E-state index contributed by atoms with van der Waals surface area (Å²) in [5, 5.41) is 5.83. The second-order valence-corrected chi connectivity index (χ2v) is 6.69. The van der Waals surface area contributed by atoms with Gasteiger partial charge in [-0.1, -0.05) is 0 Å². The summed E-state index contributed by atoms with van der Waals surface area (Å²) >= 11 is 0. The molecule has 2 heterocycles. The smallest absolute Gasteiger partial charge is 0.240 e. The first kappa shape index (κ1) is 21.5. The van der Waals surface area contributed by atoms with Gasteiger partial charge in [-0.15, -0.1) is 12.4 Å². The van der Waals surface area contributed by atoms with E-state index >= 15 is 0 Å². The van der Waals surface area contributed by atoms with Crippen LogP contribution in [0.25, 0.3) is 0 Å². The molecule has 2 amide bonds. The molecule has 2 aliphatic heterocycles. The van der Waals surface area contributed by atoms with Crippen LogP contribution in [-0.2, 0) is 20.9 Å². The highest BCUT2D eigenvalue weighted by Crippen LogP contribution is 2.14. The maximum absolute atomic E-state index is 13.3. The third-order valence-corrected chi connectivity index (χ3v) is 4.62. The number of hydrogen-bond acceptors (Lipinski definition) is 4. The van der Waals surface area contributed by atoms with E-state index in [9.17, 15) is 18.4 Å². The predicted molar refractivity (Wildman–Crippen MR) is 97.4 cm³/mol. The Labute approximate surface area is 163 Å². The van der Waals surface area contributed by atoms with E-state index in [0.29, 0.717) is 25.2 Å². The first-order chi connectivity index (χ1) is 12.5. The number of carbonyl (C=O) groups excluding carboxylic acids is 2. The number of ether oxygens (including phenoxy) is 1. The molecule has 27 heavy (non-hydrogen) atoms. The van der Waals surface area contributed by atoms with Crippen LogP contribution in [0.5, 0.6) is 0 Å². The first-order valence-corrected chi connectivity index (χ1v) is 8.87. The second-order valence-electron chi connectivity index (χ2n) is 6.69. The molecule has 2 fully saturated rings. The highest BCUT2D eigenvalue weighted by Gasteiger charge is 2.30. The van der Waals surface area contributed by atoms with Crippen LogP contribution in [-0.4, -0.2) is 55.1 Å². The van der Waals surface area contributed by atoms with E-state index in [0.717, 1.165) is 25.5 Å². The van der Waals surface area contributed by atoms with Crippen LogP contribution in [0.4, 0.5) is 8.78 Å². The van der Waals surface area contributed by atoms with Crippen molar-refractivity contribution < 1.29 is 23.1 Å². The molecule has 2 aliphatic rings. The molecule has 2 N–H and O–H groups in total. The topological polar surface area (TPSA) is 70.7 Å². The maximum atomic E-state index is 13.3. The molecule has 1 aromatic carbocycles. The van der Waals surface area contributed by atoms with Crippen LogP contribution >= 0.6 is 12.4 Å². The fourth-order valence-electron chi connectivity index (χ4n) is 3.32. The molecule has 6 nitrogen and oxygen atoms in total. The average Bonchev–Trinajstić information content (AvgIpc) is 3.09. The van der Waals surface area contributed by atoms with Crippen LogP contribution in [0.3, 0.4) is 0 Å². The monoisotopic (exact) mass is 403 g/mol. The Morgan fingerprint density at radius 3 is 2.70 bits per heavy atom. The highest BCUT2D eigenvalue weighted by atomic mass is 35.5. The lowest BCUT2D eigenvalue weighted by Gasteiger charge is -2.33. The molecule has 0 bridgehead atoms. The number of nitrogens with zero attached hydrogens (tertiary/aromatic N) is 1. The Morgan fingerprint density at radius 2 is 2.04 bits per heavy atom. The van der Waals surface area contributed by atoms with Gasteiger partial charge in [0.25, 0.3) is 0 Å². The number of piperazine rings is 1. The third-order valence-electron chi connectivity index (χ3n) is 4.62. The summed E-state index contributed by atoms with van der Waals surface area (Å²) in [5.74, 6) is -1.81. The summed E-state index contributed by atoms with van der Waals surface area (Å²) in [6, 6.07) is 2.58. The predicted octanol–water partition coefficient (Wildman–Crippen LogP) is 1.37. The van der Waals surface area contributed by atoms with Gasteiger partial charge in [0.15, 0.2) is 0 Å². The van der Waals surface area contributed by atoms with Crippen molar-refractivity contribution in [1.82, 2.24) is 15.5 Å². The molecule has 2 unspecified atom stereocenters. The summed E-state index contributed by atoms with van der Waals surface area (Å²) in [6.45, 7) is 2.23. The van der Waals surface area contributed by atoms with E-state index in [2.05, 4.69) is 10.6 Å². The number of rotatable bonds is 6. The summed E-state index contributed by atoms with van der Waals surface area (Å²) < 4.78 is 32.1. The molecule has 0 saturated carbocycles. The van der Waals surface area contributed by atoms with Crippen LogP contribution in [0.2, 0.25) is 0 Å². The van der Waals surface area contributed by atoms with Crippen molar-refractivity contribution in [2.45, 2.75) is 38.0 Å². The lowest BCUT2D eigenvalue weighted by Crippen LogP contribution is -2.56. The van der Waals surface area contributed by atoms with Gasteiger partial charge in [0.1, 0.15) is 11.6 Å². The zero-order valence-corrected chi connectivity index (χ0v) is 15.7. The molecule has 1 aromatic rings. The van der Waals surface area contributed by atoms with E-state index < -0.39 is 17.7 Å². The van der Waals surface area contributed by atoms with E-state index in [1.807, 2.05) is 0 Å². The fraction of sp³-hybridized carbons (Fsp3) is 0.556. The van der Waals surface area contributed by atoms with Gasteiger partial charge in [-0.2, -0.15) is 0 Å². The van der Waals surface area contributed by atoms with Gasteiger partial charge in [-0.3, -0.25) is 9.59 Å². The molecule has 0 aromatic heterocycles. The standard InChI is InChI=1S/C18H23F2N3O3.ClH/c19-13-6-12(7-14(20)8-13)11-23-4-3-21-16(18(23)25)9-17(24)22-10-15-2-1-5-26-15;/h6-8,15-16,21H,1-5,9-11H2,(H,22,24);1H.